The van der Waals surface area contributed by atoms with Crippen molar-refractivity contribution in [2.24, 2.45) is 5.10 Å². The van der Waals surface area contributed by atoms with Crippen molar-refractivity contribution < 1.29 is 19.2 Å². The van der Waals surface area contributed by atoms with Gasteiger partial charge in [-0.15, -0.1) is 0 Å². The second-order valence-corrected chi connectivity index (χ2v) is 5.42. The van der Waals surface area contributed by atoms with E-state index in [0.717, 1.165) is 11.1 Å². The highest BCUT2D eigenvalue weighted by Gasteiger charge is 2.16. The van der Waals surface area contributed by atoms with E-state index in [1.807, 2.05) is 13.0 Å². The number of hydrazone groups is 1. The number of nitro groups is 1. The van der Waals surface area contributed by atoms with E-state index >= 15 is 0 Å². The summed E-state index contributed by atoms with van der Waals surface area (Å²) in [7, 11) is 0. The molecule has 25 heavy (non-hydrogen) atoms. The zero-order valence-corrected chi connectivity index (χ0v) is 13.4. The van der Waals surface area contributed by atoms with Crippen LogP contribution in [0.5, 0.6) is 11.5 Å². The first-order valence-electron chi connectivity index (χ1n) is 7.49. The topological polar surface area (TPSA) is 103 Å². The molecule has 0 bridgehead atoms. The summed E-state index contributed by atoms with van der Waals surface area (Å²) >= 11 is 0. The summed E-state index contributed by atoms with van der Waals surface area (Å²) in [6.45, 7) is 2.07. The normalized spacial score (nSPS) is 12.4. The van der Waals surface area contributed by atoms with Crippen molar-refractivity contribution in [3.8, 4) is 11.5 Å². The summed E-state index contributed by atoms with van der Waals surface area (Å²) in [5.74, 6) is 0.859. The van der Waals surface area contributed by atoms with E-state index in [9.17, 15) is 14.9 Å². The molecule has 0 fully saturated rings. The van der Waals surface area contributed by atoms with Crippen molar-refractivity contribution in [3.63, 3.8) is 0 Å². The molecule has 8 heteroatoms. The first kappa shape index (κ1) is 16.4. The molecule has 0 radical (unpaired) electrons. The van der Waals surface area contributed by atoms with Crippen LogP contribution < -0.4 is 14.9 Å². The Balaban J connectivity index is 1.65. The van der Waals surface area contributed by atoms with Crippen LogP contribution in [0.25, 0.3) is 0 Å². The number of para-hydroxylation sites is 1. The van der Waals surface area contributed by atoms with Gasteiger partial charge in [0.1, 0.15) is 0 Å². The molecule has 1 aliphatic heterocycles. The Labute approximate surface area is 143 Å². The molecular weight excluding hydrogens is 326 g/mol. The van der Waals surface area contributed by atoms with Gasteiger partial charge in [-0.05, 0) is 24.6 Å². The van der Waals surface area contributed by atoms with Crippen LogP contribution in [0.1, 0.15) is 16.7 Å². The molecule has 0 aromatic heterocycles. The molecule has 0 saturated carbocycles. The average Bonchev–Trinajstić information content (AvgIpc) is 3.02. The fourth-order valence-corrected chi connectivity index (χ4v) is 2.42. The van der Waals surface area contributed by atoms with Gasteiger partial charge >= 0.3 is 0 Å². The number of carbonyl (C=O) groups excluding carboxylic acids is 1. The number of amides is 1. The third-order valence-electron chi connectivity index (χ3n) is 3.69. The minimum absolute atomic E-state index is 0.0896. The molecule has 1 amide bonds. The van der Waals surface area contributed by atoms with Crippen LogP contribution in [0.4, 0.5) is 5.69 Å². The summed E-state index contributed by atoms with van der Waals surface area (Å²) < 4.78 is 10.6. The standard InChI is InChI=1S/C17H15N3O5/c1-11-6-15-16(25-10-24-15)7-13(11)9-18-19-17(21)8-12-4-2-3-5-14(12)20(22)23/h2-7,9H,8,10H2,1H3,(H,19,21)/b18-9+. The summed E-state index contributed by atoms with van der Waals surface area (Å²) in [5.41, 5.74) is 4.31. The maximum Gasteiger partial charge on any atom is 0.273 e. The third-order valence-corrected chi connectivity index (χ3v) is 3.69. The van der Waals surface area contributed by atoms with Gasteiger partial charge in [0, 0.05) is 17.2 Å². The number of nitrogens with one attached hydrogen (secondary N) is 1. The van der Waals surface area contributed by atoms with Gasteiger partial charge in [0.2, 0.25) is 12.7 Å². The predicted octanol–water partition coefficient (Wildman–Crippen LogP) is 2.32. The highest BCUT2D eigenvalue weighted by Crippen LogP contribution is 2.34. The van der Waals surface area contributed by atoms with Gasteiger partial charge < -0.3 is 9.47 Å². The number of carbonyl (C=O) groups is 1. The summed E-state index contributed by atoms with van der Waals surface area (Å²) in [6.07, 6.45) is 1.36. The van der Waals surface area contributed by atoms with E-state index in [-0.39, 0.29) is 18.9 Å². The van der Waals surface area contributed by atoms with Crippen molar-refractivity contribution in [1.29, 1.82) is 0 Å². The SMILES string of the molecule is Cc1cc2c(cc1/C=N/NC(=O)Cc1ccccc1[N+](=O)[O-])OCO2. The Morgan fingerprint density at radius 1 is 1.32 bits per heavy atom. The lowest BCUT2D eigenvalue weighted by molar-refractivity contribution is -0.385. The minimum Gasteiger partial charge on any atom is -0.454 e. The zero-order valence-electron chi connectivity index (χ0n) is 13.4. The van der Waals surface area contributed by atoms with Gasteiger partial charge in [0.05, 0.1) is 17.6 Å². The molecule has 0 aliphatic carbocycles. The molecule has 128 valence electrons. The summed E-state index contributed by atoms with van der Waals surface area (Å²) in [5, 5.41) is 14.9. The van der Waals surface area contributed by atoms with Gasteiger partial charge in [0.25, 0.3) is 5.69 Å². The molecule has 0 unspecified atom stereocenters. The first-order valence-corrected chi connectivity index (χ1v) is 7.49. The Morgan fingerprint density at radius 3 is 2.80 bits per heavy atom. The quantitative estimate of drug-likeness (QED) is 0.511. The highest BCUT2D eigenvalue weighted by atomic mass is 16.7. The van der Waals surface area contributed by atoms with Crippen molar-refractivity contribution in [1.82, 2.24) is 5.43 Å². The number of rotatable bonds is 5. The van der Waals surface area contributed by atoms with Gasteiger partial charge in [-0.25, -0.2) is 5.43 Å². The van der Waals surface area contributed by atoms with Crippen LogP contribution in [0.3, 0.4) is 0 Å². The number of aryl methyl sites for hydroxylation is 1. The second kappa shape index (κ2) is 7.00. The van der Waals surface area contributed by atoms with E-state index in [1.165, 1.54) is 12.3 Å². The van der Waals surface area contributed by atoms with Gasteiger partial charge in [-0.2, -0.15) is 5.10 Å². The first-order chi connectivity index (χ1) is 12.0. The molecule has 1 N–H and O–H groups in total. The number of hydrogen-bond donors (Lipinski definition) is 1. The van der Waals surface area contributed by atoms with Crippen molar-refractivity contribution in [2.75, 3.05) is 6.79 Å². The number of ether oxygens (including phenoxy) is 2. The molecule has 8 nitrogen and oxygen atoms in total. The molecule has 0 spiro atoms. The Hall–Kier alpha value is -3.42. The zero-order chi connectivity index (χ0) is 17.8. The number of nitrogens with zero attached hydrogens (tertiary/aromatic N) is 2. The van der Waals surface area contributed by atoms with E-state index in [2.05, 4.69) is 10.5 Å². The Morgan fingerprint density at radius 2 is 2.04 bits per heavy atom. The van der Waals surface area contributed by atoms with Crippen molar-refractivity contribution in [2.45, 2.75) is 13.3 Å². The van der Waals surface area contributed by atoms with Crippen LogP contribution in [-0.4, -0.2) is 23.8 Å². The largest absolute Gasteiger partial charge is 0.454 e. The molecule has 0 saturated heterocycles. The Bertz CT molecular complexity index is 863. The average molecular weight is 341 g/mol. The van der Waals surface area contributed by atoms with Gasteiger partial charge in [-0.3, -0.25) is 14.9 Å². The molecular formula is C17H15N3O5. The fourth-order valence-electron chi connectivity index (χ4n) is 2.42. The Kier molecular flexibility index (Phi) is 4.60. The maximum absolute atomic E-state index is 12.0. The van der Waals surface area contributed by atoms with Crippen LogP contribution >= 0.6 is 0 Å². The number of benzene rings is 2. The minimum atomic E-state index is -0.512. The predicted molar refractivity (Wildman–Crippen MR) is 89.8 cm³/mol. The maximum atomic E-state index is 12.0. The van der Waals surface area contributed by atoms with E-state index in [0.29, 0.717) is 17.1 Å². The lowest BCUT2D eigenvalue weighted by atomic mass is 10.1. The number of hydrogen-bond acceptors (Lipinski definition) is 6. The monoisotopic (exact) mass is 341 g/mol. The van der Waals surface area contributed by atoms with Gasteiger partial charge in [-0.1, -0.05) is 18.2 Å². The molecule has 2 aromatic carbocycles. The fraction of sp³-hybridized carbons (Fsp3) is 0.176. The van der Waals surface area contributed by atoms with E-state index in [1.54, 1.807) is 24.3 Å². The molecule has 1 heterocycles. The van der Waals surface area contributed by atoms with Crippen molar-refractivity contribution >= 4 is 17.8 Å². The third kappa shape index (κ3) is 3.74. The van der Waals surface area contributed by atoms with Crippen LogP contribution in [0, 0.1) is 17.0 Å². The number of fused-ring (bicyclic) bond motifs is 1. The summed E-state index contributed by atoms with van der Waals surface area (Å²) in [6, 6.07) is 9.72. The second-order valence-electron chi connectivity index (χ2n) is 5.42. The molecule has 1 aliphatic rings. The lowest BCUT2D eigenvalue weighted by Gasteiger charge is -2.04. The molecule has 0 atom stereocenters. The van der Waals surface area contributed by atoms with E-state index < -0.39 is 10.8 Å². The molecule has 3 rings (SSSR count). The van der Waals surface area contributed by atoms with Crippen LogP contribution in [-0.2, 0) is 11.2 Å². The number of nitro benzene ring substituents is 1. The van der Waals surface area contributed by atoms with Crippen LogP contribution in [0.15, 0.2) is 41.5 Å². The highest BCUT2D eigenvalue weighted by molar-refractivity contribution is 5.85. The van der Waals surface area contributed by atoms with Crippen molar-refractivity contribution in [3.05, 3.63) is 63.2 Å². The van der Waals surface area contributed by atoms with E-state index in [4.69, 9.17) is 9.47 Å². The van der Waals surface area contributed by atoms with Gasteiger partial charge in [0.15, 0.2) is 11.5 Å². The lowest BCUT2D eigenvalue weighted by Crippen LogP contribution is -2.20. The van der Waals surface area contributed by atoms with Crippen LogP contribution in [0.2, 0.25) is 0 Å². The summed E-state index contributed by atoms with van der Waals surface area (Å²) in [4.78, 5) is 22.4. The smallest absolute Gasteiger partial charge is 0.273 e. The molecule has 2 aromatic rings.